The first-order valence-electron chi connectivity index (χ1n) is 9.26. The molecule has 1 aromatic rings. The number of aliphatic hydroxyl groups is 1. The molecule has 1 aromatic carbocycles. The molecule has 2 N–H and O–H groups in total. The van der Waals surface area contributed by atoms with E-state index in [1.54, 1.807) is 0 Å². The molecule has 0 heterocycles. The van der Waals surface area contributed by atoms with Gasteiger partial charge in [-0.2, -0.15) is 0 Å². The fraction of sp³-hybridized carbons (Fsp3) is 0.619. The van der Waals surface area contributed by atoms with E-state index in [1.807, 2.05) is 12.1 Å². The third kappa shape index (κ3) is 2.18. The maximum absolute atomic E-state index is 10.5. The summed E-state index contributed by atoms with van der Waals surface area (Å²) in [4.78, 5) is 0. The van der Waals surface area contributed by atoms with Crippen LogP contribution in [0.15, 0.2) is 24.3 Å². The van der Waals surface area contributed by atoms with Crippen molar-refractivity contribution in [2.45, 2.75) is 64.4 Å². The molecule has 124 valence electrons. The quantitative estimate of drug-likeness (QED) is 0.818. The van der Waals surface area contributed by atoms with Crippen LogP contribution in [0, 0.1) is 17.3 Å². The molecule has 0 aliphatic heterocycles. The van der Waals surface area contributed by atoms with Crippen molar-refractivity contribution in [3.8, 4) is 5.75 Å². The number of allylic oxidation sites excluding steroid dienone is 2. The fourth-order valence-electron chi connectivity index (χ4n) is 5.72. The second kappa shape index (κ2) is 5.37. The summed E-state index contributed by atoms with van der Waals surface area (Å²) in [6.07, 6.45) is 8.98. The van der Waals surface area contributed by atoms with Crippen LogP contribution in [0.3, 0.4) is 0 Å². The Bertz CT molecular complexity index is 647. The third-order valence-electron chi connectivity index (χ3n) is 6.98. The third-order valence-corrected chi connectivity index (χ3v) is 6.98. The van der Waals surface area contributed by atoms with E-state index in [0.717, 1.165) is 38.5 Å². The molecule has 3 aliphatic carbocycles. The zero-order valence-electron chi connectivity index (χ0n) is 14.3. The Morgan fingerprint density at radius 3 is 2.83 bits per heavy atom. The minimum atomic E-state index is -0.127. The van der Waals surface area contributed by atoms with Crippen LogP contribution in [0.1, 0.15) is 69.4 Å². The Kier molecular flexibility index (Phi) is 3.57. The van der Waals surface area contributed by atoms with E-state index in [9.17, 15) is 10.2 Å². The van der Waals surface area contributed by atoms with Gasteiger partial charge < -0.3 is 10.2 Å². The van der Waals surface area contributed by atoms with Gasteiger partial charge in [0, 0.05) is 0 Å². The first kappa shape index (κ1) is 15.3. The van der Waals surface area contributed by atoms with Gasteiger partial charge in [-0.1, -0.05) is 32.4 Å². The average molecular weight is 312 g/mol. The largest absolute Gasteiger partial charge is 0.508 e. The number of phenolic OH excluding ortho intramolecular Hbond substituents is 1. The molecule has 2 nitrogen and oxygen atoms in total. The van der Waals surface area contributed by atoms with E-state index in [1.165, 1.54) is 16.7 Å². The molecule has 5 atom stereocenters. The molecule has 0 unspecified atom stereocenters. The molecule has 0 aromatic heterocycles. The number of benzene rings is 1. The van der Waals surface area contributed by atoms with Crippen LogP contribution in [0.25, 0.3) is 5.57 Å². The summed E-state index contributed by atoms with van der Waals surface area (Å²) in [6.45, 7) is 4.53. The predicted molar refractivity (Wildman–Crippen MR) is 93.3 cm³/mol. The van der Waals surface area contributed by atoms with Crippen molar-refractivity contribution < 1.29 is 10.2 Å². The molecule has 23 heavy (non-hydrogen) atoms. The highest BCUT2D eigenvalue weighted by Crippen LogP contribution is 2.61. The van der Waals surface area contributed by atoms with Crippen molar-refractivity contribution in [3.05, 3.63) is 35.4 Å². The number of rotatable bonds is 2. The van der Waals surface area contributed by atoms with E-state index in [-0.39, 0.29) is 11.5 Å². The number of aromatic hydroxyl groups is 1. The minimum absolute atomic E-state index is 0.101. The van der Waals surface area contributed by atoms with Crippen molar-refractivity contribution in [3.63, 3.8) is 0 Å². The van der Waals surface area contributed by atoms with E-state index in [0.29, 0.717) is 23.5 Å². The van der Waals surface area contributed by atoms with Gasteiger partial charge in [0.2, 0.25) is 0 Å². The number of aliphatic hydroxyl groups excluding tert-OH is 1. The number of phenols is 1. The maximum atomic E-state index is 10.5. The molecular weight excluding hydrogens is 284 g/mol. The topological polar surface area (TPSA) is 40.5 Å². The summed E-state index contributed by atoms with van der Waals surface area (Å²) in [6, 6.07) is 5.96. The van der Waals surface area contributed by atoms with Crippen LogP contribution in [-0.4, -0.2) is 16.3 Å². The molecule has 0 saturated heterocycles. The van der Waals surface area contributed by atoms with E-state index < -0.39 is 0 Å². The molecule has 0 radical (unpaired) electrons. The fourth-order valence-corrected chi connectivity index (χ4v) is 5.72. The Hall–Kier alpha value is -1.28. The Morgan fingerprint density at radius 2 is 2.04 bits per heavy atom. The van der Waals surface area contributed by atoms with Crippen LogP contribution < -0.4 is 0 Å². The standard InChI is InChI=1S/C21H28O2/c1-3-4-13-11-18-16(15-6-5-14(22)12-17(13)15)9-10-21(2)19(18)7-8-20(21)23/h5-6,11-12,16,18-20,22-23H,3-4,7-10H2,1-2H3/t16-,18-,19+,20+,21+/m1/s1. The maximum Gasteiger partial charge on any atom is 0.116 e. The number of hydrogen-bond donors (Lipinski definition) is 2. The SMILES string of the molecule is CCCC1=C[C@@H]2[C@H](CC[C@]3(C)[C@@H](O)CC[C@@H]23)c2ccc(O)cc21. The first-order valence-corrected chi connectivity index (χ1v) is 9.26. The van der Waals surface area contributed by atoms with E-state index in [4.69, 9.17) is 0 Å². The minimum Gasteiger partial charge on any atom is -0.508 e. The van der Waals surface area contributed by atoms with Crippen LogP contribution in [0.4, 0.5) is 0 Å². The normalized spacial score (nSPS) is 38.5. The van der Waals surface area contributed by atoms with Gasteiger partial charge in [-0.15, -0.1) is 0 Å². The second-order valence-electron chi connectivity index (χ2n) is 8.14. The number of hydrogen-bond acceptors (Lipinski definition) is 2. The Labute approximate surface area is 139 Å². The second-order valence-corrected chi connectivity index (χ2v) is 8.14. The molecule has 4 rings (SSSR count). The molecule has 2 saturated carbocycles. The van der Waals surface area contributed by atoms with Crippen molar-refractivity contribution in [1.82, 2.24) is 0 Å². The highest BCUT2D eigenvalue weighted by molar-refractivity contribution is 5.73. The predicted octanol–water partition coefficient (Wildman–Crippen LogP) is 4.86. The lowest BCUT2D eigenvalue weighted by Gasteiger charge is -2.49. The van der Waals surface area contributed by atoms with Crippen LogP contribution >= 0.6 is 0 Å². The smallest absolute Gasteiger partial charge is 0.116 e. The highest BCUT2D eigenvalue weighted by atomic mass is 16.3. The van der Waals surface area contributed by atoms with Crippen molar-refractivity contribution in [1.29, 1.82) is 0 Å². The first-order chi connectivity index (χ1) is 11.0. The summed E-state index contributed by atoms with van der Waals surface area (Å²) >= 11 is 0. The highest BCUT2D eigenvalue weighted by Gasteiger charge is 2.54. The van der Waals surface area contributed by atoms with Gasteiger partial charge >= 0.3 is 0 Å². The number of fused-ring (bicyclic) bond motifs is 5. The summed E-state index contributed by atoms with van der Waals surface area (Å²) in [5.41, 5.74) is 4.21. The molecule has 2 heteroatoms. The van der Waals surface area contributed by atoms with Gasteiger partial charge in [0.05, 0.1) is 6.10 Å². The molecule has 0 spiro atoms. The average Bonchev–Trinajstić information content (AvgIpc) is 2.83. The zero-order chi connectivity index (χ0) is 16.2. The summed E-state index contributed by atoms with van der Waals surface area (Å²) in [5, 5.41) is 20.5. The monoisotopic (exact) mass is 312 g/mol. The van der Waals surface area contributed by atoms with Crippen molar-refractivity contribution >= 4 is 5.57 Å². The van der Waals surface area contributed by atoms with Gasteiger partial charge in [0.15, 0.2) is 0 Å². The van der Waals surface area contributed by atoms with E-state index in [2.05, 4.69) is 26.0 Å². The summed E-state index contributed by atoms with van der Waals surface area (Å²) in [5.74, 6) is 2.10. The van der Waals surface area contributed by atoms with Gasteiger partial charge in [-0.3, -0.25) is 0 Å². The Balaban J connectivity index is 1.80. The molecule has 0 bridgehead atoms. The van der Waals surface area contributed by atoms with Crippen LogP contribution in [0.5, 0.6) is 5.75 Å². The lowest BCUT2D eigenvalue weighted by atomic mass is 9.56. The lowest BCUT2D eigenvalue weighted by molar-refractivity contribution is -0.00812. The van der Waals surface area contributed by atoms with Gasteiger partial charge in [-0.05, 0) is 84.1 Å². The Morgan fingerprint density at radius 1 is 1.22 bits per heavy atom. The lowest BCUT2D eigenvalue weighted by Crippen LogP contribution is -2.42. The van der Waals surface area contributed by atoms with Crippen LogP contribution in [0.2, 0.25) is 0 Å². The molecule has 0 amide bonds. The zero-order valence-corrected chi connectivity index (χ0v) is 14.3. The van der Waals surface area contributed by atoms with Crippen molar-refractivity contribution in [2.24, 2.45) is 17.3 Å². The van der Waals surface area contributed by atoms with E-state index >= 15 is 0 Å². The van der Waals surface area contributed by atoms with Crippen molar-refractivity contribution in [2.75, 3.05) is 0 Å². The summed E-state index contributed by atoms with van der Waals surface area (Å²) < 4.78 is 0. The summed E-state index contributed by atoms with van der Waals surface area (Å²) in [7, 11) is 0. The van der Waals surface area contributed by atoms with Gasteiger partial charge in [0.25, 0.3) is 0 Å². The van der Waals surface area contributed by atoms with Gasteiger partial charge in [-0.25, -0.2) is 0 Å². The van der Waals surface area contributed by atoms with Gasteiger partial charge in [0.1, 0.15) is 5.75 Å². The molecular formula is C21H28O2. The van der Waals surface area contributed by atoms with Crippen LogP contribution in [-0.2, 0) is 0 Å². The molecule has 3 aliphatic rings. The molecule has 2 fully saturated rings.